The van der Waals surface area contributed by atoms with Crippen molar-refractivity contribution in [2.24, 2.45) is 0 Å². The van der Waals surface area contributed by atoms with E-state index in [4.69, 9.17) is 17.3 Å². The van der Waals surface area contributed by atoms with E-state index in [0.29, 0.717) is 10.9 Å². The molecule has 0 aliphatic carbocycles. The molecule has 1 heterocycles. The molecular weight excluding hydrogens is 448 g/mol. The van der Waals surface area contributed by atoms with Crippen molar-refractivity contribution in [1.29, 1.82) is 0 Å². The molecule has 0 aliphatic heterocycles. The summed E-state index contributed by atoms with van der Waals surface area (Å²) >= 11 is 6.37. The van der Waals surface area contributed by atoms with Gasteiger partial charge in [0.2, 0.25) is 10.0 Å². The number of nitrogen functional groups attached to an aromatic ring is 1. The first-order valence-corrected chi connectivity index (χ1v) is 11.8. The van der Waals surface area contributed by atoms with Crippen LogP contribution in [0.5, 0.6) is 0 Å². The first kappa shape index (κ1) is 22.0. The van der Waals surface area contributed by atoms with E-state index >= 15 is 0 Å². The number of benzene rings is 3. The van der Waals surface area contributed by atoms with Crippen molar-refractivity contribution in [2.75, 3.05) is 12.3 Å². The second kappa shape index (κ2) is 8.74. The van der Waals surface area contributed by atoms with Crippen molar-refractivity contribution in [1.82, 2.24) is 13.9 Å². The molecule has 9 heteroatoms. The number of para-hydroxylation sites is 1. The van der Waals surface area contributed by atoms with E-state index in [1.807, 2.05) is 30.3 Å². The van der Waals surface area contributed by atoms with Crippen LogP contribution < -0.4 is 11.4 Å². The summed E-state index contributed by atoms with van der Waals surface area (Å²) in [7, 11) is -3.87. The fourth-order valence-corrected chi connectivity index (χ4v) is 5.18. The average Bonchev–Trinajstić information content (AvgIpc) is 2.79. The lowest BCUT2D eigenvalue weighted by molar-refractivity contribution is 0.423. The van der Waals surface area contributed by atoms with Gasteiger partial charge in [-0.25, -0.2) is 17.8 Å². The molecule has 164 valence electrons. The highest BCUT2D eigenvalue weighted by Crippen LogP contribution is 2.29. The third-order valence-corrected chi connectivity index (χ3v) is 7.42. The number of rotatable bonds is 6. The van der Waals surface area contributed by atoms with Crippen molar-refractivity contribution >= 4 is 38.3 Å². The first-order valence-electron chi connectivity index (χ1n) is 9.94. The molecule has 32 heavy (non-hydrogen) atoms. The number of nitrogens with two attached hydrogens (primary N) is 1. The van der Waals surface area contributed by atoms with Gasteiger partial charge in [-0.15, -0.1) is 0 Å². The number of aromatic nitrogens is 2. The van der Waals surface area contributed by atoms with Crippen LogP contribution in [0.15, 0.2) is 82.5 Å². The summed E-state index contributed by atoms with van der Waals surface area (Å²) in [4.78, 5) is 16.8. The summed E-state index contributed by atoms with van der Waals surface area (Å²) in [5, 5.41) is 0.747. The Labute approximate surface area is 190 Å². The van der Waals surface area contributed by atoms with Crippen molar-refractivity contribution < 1.29 is 8.42 Å². The van der Waals surface area contributed by atoms with Crippen molar-refractivity contribution in [2.45, 2.75) is 18.4 Å². The smallest absolute Gasteiger partial charge is 0.354 e. The van der Waals surface area contributed by atoms with E-state index < -0.39 is 15.7 Å². The number of anilines is 1. The highest BCUT2D eigenvalue weighted by atomic mass is 35.5. The maximum absolute atomic E-state index is 13.4. The van der Waals surface area contributed by atoms with Gasteiger partial charge in [0.05, 0.1) is 21.1 Å². The van der Waals surface area contributed by atoms with Crippen LogP contribution in [0.3, 0.4) is 0 Å². The van der Waals surface area contributed by atoms with Gasteiger partial charge in [0, 0.05) is 18.5 Å². The van der Waals surface area contributed by atoms with Gasteiger partial charge in [-0.05, 0) is 35.9 Å². The summed E-state index contributed by atoms with van der Waals surface area (Å²) in [5.74, 6) is 0.133. The van der Waals surface area contributed by atoms with E-state index in [2.05, 4.69) is 4.98 Å². The fourth-order valence-electron chi connectivity index (χ4n) is 3.52. The van der Waals surface area contributed by atoms with Crippen LogP contribution in [0.4, 0.5) is 5.82 Å². The lowest BCUT2D eigenvalue weighted by Crippen LogP contribution is -2.31. The number of halogens is 1. The summed E-state index contributed by atoms with van der Waals surface area (Å²) in [5.41, 5.74) is 7.10. The average molecular weight is 469 g/mol. The van der Waals surface area contributed by atoms with E-state index in [-0.39, 0.29) is 34.5 Å². The zero-order valence-electron chi connectivity index (χ0n) is 17.3. The molecule has 0 amide bonds. The second-order valence-electron chi connectivity index (χ2n) is 7.16. The molecule has 0 spiro atoms. The zero-order valence-corrected chi connectivity index (χ0v) is 18.8. The predicted molar refractivity (Wildman–Crippen MR) is 126 cm³/mol. The fraction of sp³-hybridized carbons (Fsp3) is 0.130. The van der Waals surface area contributed by atoms with Gasteiger partial charge >= 0.3 is 5.69 Å². The molecule has 4 rings (SSSR count). The minimum Gasteiger partial charge on any atom is -0.384 e. The third-order valence-electron chi connectivity index (χ3n) is 5.18. The van der Waals surface area contributed by atoms with Gasteiger partial charge in [-0.1, -0.05) is 61.0 Å². The van der Waals surface area contributed by atoms with Crippen LogP contribution in [0.25, 0.3) is 16.6 Å². The third kappa shape index (κ3) is 4.00. The molecule has 0 fully saturated rings. The van der Waals surface area contributed by atoms with Gasteiger partial charge < -0.3 is 5.73 Å². The van der Waals surface area contributed by atoms with Gasteiger partial charge in [-0.2, -0.15) is 9.29 Å². The molecule has 4 aromatic rings. The lowest BCUT2D eigenvalue weighted by atomic mass is 10.2. The summed E-state index contributed by atoms with van der Waals surface area (Å²) in [6, 6.07) is 20.5. The van der Waals surface area contributed by atoms with Crippen molar-refractivity contribution in [3.8, 4) is 5.69 Å². The second-order valence-corrected chi connectivity index (χ2v) is 9.51. The highest BCUT2D eigenvalue weighted by molar-refractivity contribution is 7.89. The molecule has 0 radical (unpaired) electrons. The minimum absolute atomic E-state index is 0.00846. The molecule has 0 saturated heterocycles. The Morgan fingerprint density at radius 2 is 1.72 bits per heavy atom. The maximum atomic E-state index is 13.4. The molecule has 2 N–H and O–H groups in total. The molecule has 0 atom stereocenters. The Bertz CT molecular complexity index is 1450. The Morgan fingerprint density at radius 1 is 1.03 bits per heavy atom. The Balaban J connectivity index is 1.83. The van der Waals surface area contributed by atoms with Crippen LogP contribution >= 0.6 is 11.6 Å². The molecule has 7 nitrogen and oxygen atoms in total. The SMILES string of the molecule is CCN(Cc1ccccc1)S(=O)(=O)c1ccc(Cl)c(-n2c(N)c3ccccc3nc2=O)c1. The zero-order chi connectivity index (χ0) is 22.9. The summed E-state index contributed by atoms with van der Waals surface area (Å²) in [6.07, 6.45) is 0. The van der Waals surface area contributed by atoms with E-state index in [9.17, 15) is 13.2 Å². The lowest BCUT2D eigenvalue weighted by Gasteiger charge is -2.21. The summed E-state index contributed by atoms with van der Waals surface area (Å²) < 4.78 is 29.3. The van der Waals surface area contributed by atoms with E-state index in [0.717, 1.165) is 10.1 Å². The minimum atomic E-state index is -3.87. The van der Waals surface area contributed by atoms with E-state index in [1.54, 1.807) is 31.2 Å². The van der Waals surface area contributed by atoms with Gasteiger partial charge in [0.25, 0.3) is 0 Å². The molecule has 0 aliphatic rings. The maximum Gasteiger partial charge on any atom is 0.354 e. The number of sulfonamides is 1. The molecule has 0 saturated carbocycles. The van der Waals surface area contributed by atoms with Crippen LogP contribution in [-0.2, 0) is 16.6 Å². The first-order chi connectivity index (χ1) is 15.3. The van der Waals surface area contributed by atoms with Crippen LogP contribution in [0.2, 0.25) is 5.02 Å². The molecule has 0 unspecified atom stereocenters. The number of hydrogen-bond donors (Lipinski definition) is 1. The molecular formula is C23H21ClN4O3S. The monoisotopic (exact) mass is 468 g/mol. The molecule has 3 aromatic carbocycles. The Hall–Kier alpha value is -3.20. The number of hydrogen-bond acceptors (Lipinski definition) is 5. The topological polar surface area (TPSA) is 98.3 Å². The summed E-state index contributed by atoms with van der Waals surface area (Å²) in [6.45, 7) is 2.26. The van der Waals surface area contributed by atoms with Gasteiger partial charge in [0.15, 0.2) is 0 Å². The highest BCUT2D eigenvalue weighted by Gasteiger charge is 2.25. The number of fused-ring (bicyclic) bond motifs is 1. The van der Waals surface area contributed by atoms with Crippen LogP contribution in [0.1, 0.15) is 12.5 Å². The van der Waals surface area contributed by atoms with Gasteiger partial charge in [0.1, 0.15) is 5.82 Å². The van der Waals surface area contributed by atoms with E-state index in [1.165, 1.54) is 22.5 Å². The molecule has 1 aromatic heterocycles. The normalized spacial score (nSPS) is 11.8. The molecule has 0 bridgehead atoms. The number of nitrogens with zero attached hydrogens (tertiary/aromatic N) is 3. The Kier molecular flexibility index (Phi) is 6.01. The quantitative estimate of drug-likeness (QED) is 0.463. The van der Waals surface area contributed by atoms with Crippen LogP contribution in [-0.4, -0.2) is 28.8 Å². The largest absolute Gasteiger partial charge is 0.384 e. The van der Waals surface area contributed by atoms with Gasteiger partial charge in [-0.3, -0.25) is 0 Å². The Morgan fingerprint density at radius 3 is 2.44 bits per heavy atom. The van der Waals surface area contributed by atoms with Crippen LogP contribution in [0, 0.1) is 0 Å². The standard InChI is InChI=1S/C23H21ClN4O3S/c1-2-27(15-16-8-4-3-5-9-16)32(30,31)17-12-13-19(24)21(14-17)28-22(25)18-10-6-7-11-20(18)26-23(28)29/h3-14H,2,15,25H2,1H3. The van der Waals surface area contributed by atoms with Crippen molar-refractivity contribution in [3.63, 3.8) is 0 Å². The van der Waals surface area contributed by atoms with Crippen molar-refractivity contribution in [3.05, 3.63) is 93.9 Å². The predicted octanol–water partition coefficient (Wildman–Crippen LogP) is 3.83.